The summed E-state index contributed by atoms with van der Waals surface area (Å²) in [7, 11) is 0. The van der Waals surface area contributed by atoms with E-state index in [1.807, 2.05) is 13.0 Å². The van der Waals surface area contributed by atoms with Crippen LogP contribution in [0.2, 0.25) is 0 Å². The fourth-order valence-corrected chi connectivity index (χ4v) is 3.90. The fraction of sp³-hybridized carbons (Fsp3) is 0.619. The Labute approximate surface area is 161 Å². The number of aromatic nitrogens is 2. The molecule has 0 spiro atoms. The van der Waals surface area contributed by atoms with Gasteiger partial charge in [0.25, 0.3) is 0 Å². The molecule has 1 fully saturated rings. The minimum Gasteiger partial charge on any atom is -0.449 e. The van der Waals surface area contributed by atoms with Crippen molar-refractivity contribution in [1.29, 1.82) is 0 Å². The number of nitrogens with one attached hydrogen (secondary N) is 2. The van der Waals surface area contributed by atoms with Gasteiger partial charge in [0.05, 0.1) is 29.0 Å². The second-order valence-corrected chi connectivity index (χ2v) is 7.28. The molecule has 1 aliphatic carbocycles. The molecule has 0 atom stereocenters. The minimum atomic E-state index is -0.410. The van der Waals surface area contributed by atoms with Crippen molar-refractivity contribution < 1.29 is 9.53 Å². The van der Waals surface area contributed by atoms with E-state index in [4.69, 9.17) is 9.72 Å². The third-order valence-electron chi connectivity index (χ3n) is 5.39. The first-order valence-corrected chi connectivity index (χ1v) is 10.4. The molecule has 27 heavy (non-hydrogen) atoms. The maximum Gasteiger partial charge on any atom is 0.411 e. The predicted octanol–water partition coefficient (Wildman–Crippen LogP) is 5.42. The Kier molecular flexibility index (Phi) is 6.58. The van der Waals surface area contributed by atoms with Crippen LogP contribution in [-0.2, 0) is 4.74 Å². The minimum absolute atomic E-state index is 0.410. The molecule has 6 nitrogen and oxygen atoms in total. The first-order chi connectivity index (χ1) is 13.2. The lowest BCUT2D eigenvalue weighted by molar-refractivity contribution is 0.161. The number of carbonyl (C=O) groups is 1. The van der Waals surface area contributed by atoms with Crippen LogP contribution in [0.4, 0.5) is 16.2 Å². The summed E-state index contributed by atoms with van der Waals surface area (Å²) in [5.74, 6) is 1.61. The third kappa shape index (κ3) is 4.54. The highest BCUT2D eigenvalue weighted by Gasteiger charge is 2.21. The number of rotatable bonds is 7. The first kappa shape index (κ1) is 19.5. The van der Waals surface area contributed by atoms with Crippen LogP contribution < -0.4 is 10.2 Å². The zero-order valence-corrected chi connectivity index (χ0v) is 16.8. The Balaban J connectivity index is 1.94. The van der Waals surface area contributed by atoms with Gasteiger partial charge in [-0.2, -0.15) is 0 Å². The number of fused-ring (bicyclic) bond motifs is 1. The van der Waals surface area contributed by atoms with E-state index in [-0.39, 0.29) is 0 Å². The van der Waals surface area contributed by atoms with Gasteiger partial charge in [-0.25, -0.2) is 9.78 Å². The van der Waals surface area contributed by atoms with E-state index in [0.717, 1.165) is 47.7 Å². The summed E-state index contributed by atoms with van der Waals surface area (Å²) >= 11 is 0. The molecule has 1 aromatic heterocycles. The summed E-state index contributed by atoms with van der Waals surface area (Å²) in [5, 5.41) is 2.92. The Morgan fingerprint density at radius 1 is 1.22 bits per heavy atom. The summed E-state index contributed by atoms with van der Waals surface area (Å²) < 4.78 is 5.21. The van der Waals surface area contributed by atoms with Crippen LogP contribution in [0.25, 0.3) is 11.0 Å². The van der Waals surface area contributed by atoms with Gasteiger partial charge in [-0.3, -0.25) is 5.32 Å². The molecule has 6 heteroatoms. The third-order valence-corrected chi connectivity index (χ3v) is 5.39. The van der Waals surface area contributed by atoms with E-state index in [1.165, 1.54) is 32.1 Å². The smallest absolute Gasteiger partial charge is 0.411 e. The van der Waals surface area contributed by atoms with Crippen LogP contribution in [0.1, 0.15) is 71.0 Å². The van der Waals surface area contributed by atoms with Crippen LogP contribution in [0, 0.1) is 0 Å². The lowest BCUT2D eigenvalue weighted by Crippen LogP contribution is -2.24. The van der Waals surface area contributed by atoms with Crippen molar-refractivity contribution in [3.63, 3.8) is 0 Å². The molecule has 148 valence electrons. The van der Waals surface area contributed by atoms with Crippen molar-refractivity contribution >= 4 is 28.5 Å². The standard InChI is InChI=1S/C21H32N4O2/c1-4-12-27-21(26)24-18-13-16-17(14-19(18)25(5-2)6-3)23-20(22-16)15-10-8-7-9-11-15/h13-15H,4-12H2,1-3H3,(H,22,23)(H,24,26). The number of H-pyrrole nitrogens is 1. The fourth-order valence-electron chi connectivity index (χ4n) is 3.90. The lowest BCUT2D eigenvalue weighted by atomic mass is 9.89. The van der Waals surface area contributed by atoms with E-state index in [0.29, 0.717) is 12.5 Å². The number of amides is 1. The number of hydrogen-bond acceptors (Lipinski definition) is 4. The number of aromatic amines is 1. The van der Waals surface area contributed by atoms with Crippen molar-refractivity contribution in [3.8, 4) is 0 Å². The van der Waals surface area contributed by atoms with Crippen LogP contribution in [-0.4, -0.2) is 35.8 Å². The molecule has 2 aromatic rings. The highest BCUT2D eigenvalue weighted by molar-refractivity contribution is 5.95. The van der Waals surface area contributed by atoms with Crippen molar-refractivity contribution in [1.82, 2.24) is 9.97 Å². The summed E-state index contributed by atoms with van der Waals surface area (Å²) in [6.07, 6.45) is 6.70. The van der Waals surface area contributed by atoms with Crippen molar-refractivity contribution in [3.05, 3.63) is 18.0 Å². The topological polar surface area (TPSA) is 70.2 Å². The predicted molar refractivity (Wildman–Crippen MR) is 111 cm³/mol. The zero-order chi connectivity index (χ0) is 19.2. The maximum absolute atomic E-state index is 12.1. The monoisotopic (exact) mass is 372 g/mol. The normalized spacial score (nSPS) is 15.1. The zero-order valence-electron chi connectivity index (χ0n) is 16.8. The molecule has 1 heterocycles. The van der Waals surface area contributed by atoms with E-state index in [1.54, 1.807) is 0 Å². The van der Waals surface area contributed by atoms with Crippen LogP contribution in [0.5, 0.6) is 0 Å². The quantitative estimate of drug-likeness (QED) is 0.681. The van der Waals surface area contributed by atoms with Gasteiger partial charge in [0.15, 0.2) is 0 Å². The molecule has 2 N–H and O–H groups in total. The van der Waals surface area contributed by atoms with Crippen molar-refractivity contribution in [2.45, 2.75) is 65.2 Å². The maximum atomic E-state index is 12.1. The van der Waals surface area contributed by atoms with Gasteiger partial charge in [-0.05, 0) is 45.2 Å². The number of benzene rings is 1. The Bertz CT molecular complexity index is 761. The Morgan fingerprint density at radius 2 is 1.96 bits per heavy atom. The molecule has 1 saturated carbocycles. The summed E-state index contributed by atoms with van der Waals surface area (Å²) in [5.41, 5.74) is 3.69. The van der Waals surface area contributed by atoms with E-state index in [2.05, 4.69) is 35.1 Å². The van der Waals surface area contributed by atoms with Gasteiger partial charge in [-0.15, -0.1) is 0 Å². The average Bonchev–Trinajstić information content (AvgIpc) is 3.11. The number of hydrogen-bond donors (Lipinski definition) is 2. The number of anilines is 2. The number of imidazole rings is 1. The van der Waals surface area contributed by atoms with E-state index >= 15 is 0 Å². The molecule has 0 saturated heterocycles. The van der Waals surface area contributed by atoms with E-state index in [9.17, 15) is 4.79 Å². The largest absolute Gasteiger partial charge is 0.449 e. The highest BCUT2D eigenvalue weighted by atomic mass is 16.5. The molecule has 1 aliphatic rings. The second kappa shape index (κ2) is 9.11. The molecule has 1 amide bonds. The molecular formula is C21H32N4O2. The lowest BCUT2D eigenvalue weighted by Gasteiger charge is -2.24. The van der Waals surface area contributed by atoms with Crippen LogP contribution >= 0.6 is 0 Å². The number of ether oxygens (including phenoxy) is 1. The van der Waals surface area contributed by atoms with Gasteiger partial charge in [0.1, 0.15) is 5.82 Å². The van der Waals surface area contributed by atoms with Gasteiger partial charge in [0.2, 0.25) is 0 Å². The van der Waals surface area contributed by atoms with Crippen molar-refractivity contribution in [2.24, 2.45) is 0 Å². The number of carbonyl (C=O) groups excluding carboxylic acids is 1. The Morgan fingerprint density at radius 3 is 2.63 bits per heavy atom. The SMILES string of the molecule is CCCOC(=O)Nc1cc2nc(C3CCCCC3)[nH]c2cc1N(CC)CC. The van der Waals surface area contributed by atoms with Crippen LogP contribution in [0.15, 0.2) is 12.1 Å². The Hall–Kier alpha value is -2.24. The number of nitrogens with zero attached hydrogens (tertiary/aromatic N) is 2. The summed E-state index contributed by atoms with van der Waals surface area (Å²) in [4.78, 5) is 22.8. The molecular weight excluding hydrogens is 340 g/mol. The molecule has 1 aromatic carbocycles. The van der Waals surface area contributed by atoms with Gasteiger partial charge >= 0.3 is 6.09 Å². The molecule has 0 aliphatic heterocycles. The molecule has 0 radical (unpaired) electrons. The van der Waals surface area contributed by atoms with E-state index < -0.39 is 6.09 Å². The van der Waals surface area contributed by atoms with Crippen LogP contribution in [0.3, 0.4) is 0 Å². The second-order valence-electron chi connectivity index (χ2n) is 7.28. The molecule has 3 rings (SSSR count). The van der Waals surface area contributed by atoms with Gasteiger partial charge in [0, 0.05) is 19.0 Å². The first-order valence-electron chi connectivity index (χ1n) is 10.4. The van der Waals surface area contributed by atoms with Crippen molar-refractivity contribution in [2.75, 3.05) is 29.9 Å². The molecule has 0 unspecified atom stereocenters. The average molecular weight is 373 g/mol. The summed E-state index contributed by atoms with van der Waals surface area (Å²) in [6.45, 7) is 8.37. The molecule has 0 bridgehead atoms. The summed E-state index contributed by atoms with van der Waals surface area (Å²) in [6, 6.07) is 4.08. The van der Waals surface area contributed by atoms with Gasteiger partial charge < -0.3 is 14.6 Å². The highest BCUT2D eigenvalue weighted by Crippen LogP contribution is 2.35. The van der Waals surface area contributed by atoms with Gasteiger partial charge in [-0.1, -0.05) is 26.2 Å².